The second-order valence-corrected chi connectivity index (χ2v) is 8.73. The van der Waals surface area contributed by atoms with E-state index in [2.05, 4.69) is 25.9 Å². The second-order valence-electron chi connectivity index (χ2n) is 6.55. The maximum Gasteiger partial charge on any atom is 0.235 e. The maximum atomic E-state index is 12.3. The number of nitrogens with two attached hydrogens (primary N) is 1. The van der Waals surface area contributed by atoms with Crippen LogP contribution in [0.3, 0.4) is 0 Å². The molecule has 3 N–H and O–H groups in total. The molecule has 1 aliphatic heterocycles. The Kier molecular flexibility index (Phi) is 4.92. The van der Waals surface area contributed by atoms with Crippen molar-refractivity contribution in [3.05, 3.63) is 35.2 Å². The molecule has 3 heterocycles. The molecule has 0 aliphatic carbocycles. The fourth-order valence-electron chi connectivity index (χ4n) is 3.10. The van der Waals surface area contributed by atoms with Gasteiger partial charge in [0.15, 0.2) is 4.34 Å². The molecule has 1 atom stereocenters. The summed E-state index contributed by atoms with van der Waals surface area (Å²) < 4.78 is 2.67. The minimum absolute atomic E-state index is 0.0287. The molecule has 0 spiro atoms. The molecule has 0 unspecified atom stereocenters. The predicted molar refractivity (Wildman–Crippen MR) is 103 cm³/mol. The normalized spacial score (nSPS) is 17.1. The minimum atomic E-state index is -0.0287. The number of nitrogens with zero attached hydrogens (tertiary/aromatic N) is 4. The lowest BCUT2D eigenvalue weighted by molar-refractivity contribution is -0.677. The van der Waals surface area contributed by atoms with Crippen LogP contribution in [-0.4, -0.2) is 38.0 Å². The zero-order valence-corrected chi connectivity index (χ0v) is 16.4. The van der Waals surface area contributed by atoms with Crippen molar-refractivity contribution in [3.8, 4) is 0 Å². The van der Waals surface area contributed by atoms with Gasteiger partial charge in [0, 0.05) is 18.5 Å². The van der Waals surface area contributed by atoms with Crippen molar-refractivity contribution in [3.63, 3.8) is 0 Å². The maximum absolute atomic E-state index is 12.3. The summed E-state index contributed by atoms with van der Waals surface area (Å²) in [6.45, 7) is 5.14. The summed E-state index contributed by atoms with van der Waals surface area (Å²) in [5.74, 6) is 1.21. The largest absolute Gasteiger partial charge is 0.337 e. The van der Waals surface area contributed by atoms with E-state index < -0.39 is 0 Å². The Labute approximate surface area is 159 Å². The van der Waals surface area contributed by atoms with Crippen molar-refractivity contribution in [2.24, 2.45) is 0 Å². The number of aryl methyl sites for hydroxylation is 2. The first-order chi connectivity index (χ1) is 12.6. The molecule has 1 aliphatic rings. The molecular weight excluding hydrogens is 368 g/mol. The Morgan fingerprint density at radius 3 is 3.12 bits per heavy atom. The van der Waals surface area contributed by atoms with E-state index in [-0.39, 0.29) is 5.91 Å². The third-order valence-electron chi connectivity index (χ3n) is 4.49. The van der Waals surface area contributed by atoms with Gasteiger partial charge in [-0.25, -0.2) is 0 Å². The van der Waals surface area contributed by atoms with E-state index in [1.54, 1.807) is 0 Å². The first-order valence-corrected chi connectivity index (χ1v) is 10.5. The van der Waals surface area contributed by atoms with Crippen LogP contribution in [0.15, 0.2) is 22.5 Å². The number of carbonyl (C=O) groups excluding carboxylic acids is 1. The fraction of sp³-hybridized carbons (Fsp3) is 0.412. The number of fused-ring (bicyclic) bond motifs is 1. The van der Waals surface area contributed by atoms with Crippen molar-refractivity contribution in [1.29, 1.82) is 0 Å². The highest BCUT2D eigenvalue weighted by Gasteiger charge is 2.27. The van der Waals surface area contributed by atoms with E-state index in [0.29, 0.717) is 11.8 Å². The summed E-state index contributed by atoms with van der Waals surface area (Å²) in [6.07, 6.45) is 2.31. The SMILES string of the molecule is Cc1ccc(C)c(NC(=O)CSc2nn3c([C@H]4CCC[NH2+]4)nnc3s2)c1. The molecule has 1 saturated heterocycles. The molecule has 26 heavy (non-hydrogen) atoms. The Balaban J connectivity index is 1.41. The van der Waals surface area contributed by atoms with Crippen molar-refractivity contribution in [1.82, 2.24) is 19.8 Å². The van der Waals surface area contributed by atoms with E-state index in [0.717, 1.165) is 44.9 Å². The highest BCUT2D eigenvalue weighted by molar-refractivity contribution is 8.01. The fourth-order valence-corrected chi connectivity index (χ4v) is 4.78. The summed E-state index contributed by atoms with van der Waals surface area (Å²) >= 11 is 2.91. The summed E-state index contributed by atoms with van der Waals surface area (Å²) in [4.78, 5) is 13.1. The molecule has 2 aromatic heterocycles. The molecule has 3 aromatic rings. The van der Waals surface area contributed by atoms with Crippen LogP contribution < -0.4 is 10.6 Å². The van der Waals surface area contributed by atoms with Crippen LogP contribution in [0.1, 0.15) is 35.8 Å². The van der Waals surface area contributed by atoms with Crippen molar-refractivity contribution >= 4 is 39.7 Å². The van der Waals surface area contributed by atoms with Crippen LogP contribution >= 0.6 is 23.1 Å². The lowest BCUT2D eigenvalue weighted by atomic mass is 10.1. The van der Waals surface area contributed by atoms with Gasteiger partial charge in [-0.2, -0.15) is 4.52 Å². The van der Waals surface area contributed by atoms with Crippen LogP contribution in [0.2, 0.25) is 0 Å². The third kappa shape index (κ3) is 3.60. The number of hydrogen-bond donors (Lipinski definition) is 2. The summed E-state index contributed by atoms with van der Waals surface area (Å²) in [5.41, 5.74) is 3.06. The molecule has 9 heteroatoms. The van der Waals surface area contributed by atoms with Gasteiger partial charge in [-0.1, -0.05) is 35.2 Å². The van der Waals surface area contributed by atoms with Gasteiger partial charge in [0.05, 0.1) is 12.3 Å². The summed E-state index contributed by atoms with van der Waals surface area (Å²) in [7, 11) is 0. The highest BCUT2D eigenvalue weighted by Crippen LogP contribution is 2.27. The smallest absolute Gasteiger partial charge is 0.235 e. The van der Waals surface area contributed by atoms with E-state index in [1.807, 2.05) is 36.6 Å². The number of amides is 1. The van der Waals surface area contributed by atoms with Gasteiger partial charge in [-0.15, -0.1) is 15.3 Å². The first-order valence-electron chi connectivity index (χ1n) is 8.65. The number of thioether (sulfide) groups is 1. The van der Waals surface area contributed by atoms with E-state index in [9.17, 15) is 4.79 Å². The number of quaternary nitrogens is 1. The van der Waals surface area contributed by atoms with Gasteiger partial charge >= 0.3 is 0 Å². The van der Waals surface area contributed by atoms with Gasteiger partial charge in [-0.3, -0.25) is 4.79 Å². The Morgan fingerprint density at radius 2 is 2.31 bits per heavy atom. The van der Waals surface area contributed by atoms with Gasteiger partial charge in [0.25, 0.3) is 0 Å². The Bertz CT molecular complexity index is 944. The predicted octanol–water partition coefficient (Wildman–Crippen LogP) is 1.93. The van der Waals surface area contributed by atoms with Crippen LogP contribution in [0, 0.1) is 13.8 Å². The van der Waals surface area contributed by atoms with Gasteiger partial charge in [-0.05, 0) is 31.0 Å². The number of carbonyl (C=O) groups is 1. The van der Waals surface area contributed by atoms with Crippen molar-refractivity contribution in [2.45, 2.75) is 37.1 Å². The van der Waals surface area contributed by atoms with E-state index >= 15 is 0 Å². The van der Waals surface area contributed by atoms with Crippen LogP contribution in [-0.2, 0) is 4.79 Å². The number of anilines is 1. The molecule has 0 bridgehead atoms. The first kappa shape index (κ1) is 17.4. The topological polar surface area (TPSA) is 88.8 Å². The number of nitrogens with one attached hydrogen (secondary N) is 1. The zero-order chi connectivity index (χ0) is 18.1. The number of hydrogen-bond acceptors (Lipinski definition) is 6. The molecule has 136 valence electrons. The minimum Gasteiger partial charge on any atom is -0.337 e. The van der Waals surface area contributed by atoms with E-state index in [1.165, 1.54) is 29.5 Å². The van der Waals surface area contributed by atoms with Crippen LogP contribution in [0.25, 0.3) is 4.96 Å². The average molecular weight is 390 g/mol. The molecule has 1 aromatic carbocycles. The number of rotatable bonds is 5. The van der Waals surface area contributed by atoms with Crippen molar-refractivity contribution in [2.75, 3.05) is 17.6 Å². The van der Waals surface area contributed by atoms with E-state index in [4.69, 9.17) is 0 Å². The molecule has 0 saturated carbocycles. The molecule has 7 nitrogen and oxygen atoms in total. The lowest BCUT2D eigenvalue weighted by Gasteiger charge is -2.08. The monoisotopic (exact) mass is 389 g/mol. The van der Waals surface area contributed by atoms with Gasteiger partial charge in [0.1, 0.15) is 6.04 Å². The second kappa shape index (κ2) is 7.34. The van der Waals surface area contributed by atoms with Gasteiger partial charge in [0.2, 0.25) is 16.7 Å². The third-order valence-corrected chi connectivity index (χ3v) is 6.52. The van der Waals surface area contributed by atoms with Crippen LogP contribution in [0.5, 0.6) is 0 Å². The summed E-state index contributed by atoms with van der Waals surface area (Å²) in [6, 6.07) is 6.39. The molecule has 1 amide bonds. The average Bonchev–Trinajstić information content (AvgIpc) is 3.32. The highest BCUT2D eigenvalue weighted by atomic mass is 32.2. The van der Waals surface area contributed by atoms with Gasteiger partial charge < -0.3 is 10.6 Å². The number of aromatic nitrogens is 4. The Hall–Kier alpha value is -1.97. The standard InChI is InChI=1S/C17H20N6OS2/c1-10-5-6-11(2)13(8-10)19-14(24)9-25-17-22-23-15(12-4-3-7-18-12)20-21-16(23)26-17/h5-6,8,12,18H,3-4,7,9H2,1-2H3,(H,19,24)/p+1/t12-/m1/s1. The molecular formula is C17H21N6OS2+. The summed E-state index contributed by atoms with van der Waals surface area (Å²) in [5, 5.41) is 18.4. The molecule has 0 radical (unpaired) electrons. The van der Waals surface area contributed by atoms with Crippen molar-refractivity contribution < 1.29 is 10.1 Å². The molecule has 4 rings (SSSR count). The van der Waals surface area contributed by atoms with Crippen LogP contribution in [0.4, 0.5) is 5.69 Å². The Morgan fingerprint density at radius 1 is 1.42 bits per heavy atom. The number of benzene rings is 1. The molecule has 1 fully saturated rings. The zero-order valence-electron chi connectivity index (χ0n) is 14.7. The lowest BCUT2D eigenvalue weighted by Crippen LogP contribution is -2.82. The quantitative estimate of drug-likeness (QED) is 0.651.